The summed E-state index contributed by atoms with van der Waals surface area (Å²) >= 11 is 5.57. The molecule has 1 aromatic heterocycles. The number of amides is 1. The first-order chi connectivity index (χ1) is 7.63. The molecule has 1 atom stereocenters. The molecule has 2 N–H and O–H groups in total. The molecule has 0 spiro atoms. The largest absolute Gasteiger partial charge is 0.357 e. The van der Waals surface area contributed by atoms with E-state index >= 15 is 0 Å². The first kappa shape index (κ1) is 12.6. The minimum absolute atomic E-state index is 0.0474. The Morgan fingerprint density at radius 3 is 3.00 bits per heavy atom. The van der Waals surface area contributed by atoms with Crippen LogP contribution in [0.4, 0.5) is 5.82 Å². The standard InChI is InChI=1S/C9H14ClN5O/c1-3-4-11-8(16)6(2)13-7-5-12-15-9(10)14-7/h5-6H,3-4H2,1-2H3,(H,11,16)(H,13,14,15). The van der Waals surface area contributed by atoms with E-state index < -0.39 is 0 Å². The van der Waals surface area contributed by atoms with Crippen molar-refractivity contribution in [1.82, 2.24) is 20.5 Å². The number of hydrogen-bond acceptors (Lipinski definition) is 5. The summed E-state index contributed by atoms with van der Waals surface area (Å²) in [6.07, 6.45) is 2.31. The Morgan fingerprint density at radius 1 is 1.62 bits per heavy atom. The van der Waals surface area contributed by atoms with Gasteiger partial charge in [0.05, 0.1) is 6.20 Å². The van der Waals surface area contributed by atoms with Gasteiger partial charge in [-0.3, -0.25) is 4.79 Å². The maximum absolute atomic E-state index is 11.5. The van der Waals surface area contributed by atoms with E-state index in [4.69, 9.17) is 11.6 Å². The fourth-order valence-electron chi connectivity index (χ4n) is 1.04. The summed E-state index contributed by atoms with van der Waals surface area (Å²) in [5.41, 5.74) is 0. The van der Waals surface area contributed by atoms with E-state index in [0.717, 1.165) is 6.42 Å². The molecule has 0 aliphatic carbocycles. The molecule has 0 bridgehead atoms. The van der Waals surface area contributed by atoms with E-state index in [1.165, 1.54) is 6.20 Å². The van der Waals surface area contributed by atoms with Crippen molar-refractivity contribution in [3.63, 3.8) is 0 Å². The van der Waals surface area contributed by atoms with E-state index in [1.54, 1.807) is 6.92 Å². The van der Waals surface area contributed by atoms with E-state index in [0.29, 0.717) is 12.4 Å². The molecule has 7 heteroatoms. The quantitative estimate of drug-likeness (QED) is 0.802. The molecule has 0 fully saturated rings. The smallest absolute Gasteiger partial charge is 0.244 e. The number of nitrogens with zero attached hydrogens (tertiary/aromatic N) is 3. The number of anilines is 1. The molecular weight excluding hydrogens is 230 g/mol. The maximum atomic E-state index is 11.5. The molecule has 1 rings (SSSR count). The molecule has 0 aromatic carbocycles. The van der Waals surface area contributed by atoms with Crippen LogP contribution in [-0.2, 0) is 4.79 Å². The Bertz CT molecular complexity index is 360. The molecule has 1 heterocycles. The fraction of sp³-hybridized carbons (Fsp3) is 0.556. The van der Waals surface area contributed by atoms with Crippen LogP contribution in [0.25, 0.3) is 0 Å². The van der Waals surface area contributed by atoms with Crippen LogP contribution in [-0.4, -0.2) is 33.7 Å². The summed E-state index contributed by atoms with van der Waals surface area (Å²) in [6.45, 7) is 4.39. The topological polar surface area (TPSA) is 79.8 Å². The normalized spacial score (nSPS) is 11.9. The Hall–Kier alpha value is -1.43. The molecule has 0 aliphatic heterocycles. The number of carbonyl (C=O) groups is 1. The lowest BCUT2D eigenvalue weighted by Gasteiger charge is -2.13. The molecule has 1 amide bonds. The van der Waals surface area contributed by atoms with Crippen molar-refractivity contribution in [2.75, 3.05) is 11.9 Å². The van der Waals surface area contributed by atoms with Gasteiger partial charge in [0.2, 0.25) is 11.2 Å². The van der Waals surface area contributed by atoms with Crippen LogP contribution in [0.15, 0.2) is 6.20 Å². The molecule has 0 saturated carbocycles. The first-order valence-corrected chi connectivity index (χ1v) is 5.40. The highest BCUT2D eigenvalue weighted by Crippen LogP contribution is 2.05. The number of halogens is 1. The molecule has 0 saturated heterocycles. The molecule has 88 valence electrons. The van der Waals surface area contributed by atoms with E-state index in [-0.39, 0.29) is 17.2 Å². The van der Waals surface area contributed by atoms with Crippen LogP contribution in [0.5, 0.6) is 0 Å². The first-order valence-electron chi connectivity index (χ1n) is 5.03. The SMILES string of the molecule is CCCNC(=O)C(C)Nc1cnnc(Cl)n1. The molecule has 1 aromatic rings. The zero-order chi connectivity index (χ0) is 12.0. The minimum Gasteiger partial charge on any atom is -0.357 e. The number of carbonyl (C=O) groups excluding carboxylic acids is 1. The third-order valence-corrected chi connectivity index (χ3v) is 2.00. The van der Waals surface area contributed by atoms with Crippen molar-refractivity contribution in [3.8, 4) is 0 Å². The third-order valence-electron chi connectivity index (χ3n) is 1.84. The zero-order valence-corrected chi connectivity index (χ0v) is 9.95. The number of rotatable bonds is 5. The average Bonchev–Trinajstić information content (AvgIpc) is 2.25. The second-order valence-electron chi connectivity index (χ2n) is 3.27. The Labute approximate surface area is 98.8 Å². The lowest BCUT2D eigenvalue weighted by molar-refractivity contribution is -0.121. The second-order valence-corrected chi connectivity index (χ2v) is 3.61. The van der Waals surface area contributed by atoms with Gasteiger partial charge >= 0.3 is 0 Å². The molecular formula is C9H14ClN5O. The fourth-order valence-corrected chi connectivity index (χ4v) is 1.17. The average molecular weight is 244 g/mol. The Kier molecular flexibility index (Phi) is 4.91. The molecule has 6 nitrogen and oxygen atoms in total. The van der Waals surface area contributed by atoms with E-state index in [1.807, 2.05) is 6.92 Å². The molecule has 1 unspecified atom stereocenters. The monoisotopic (exact) mass is 243 g/mol. The van der Waals surface area contributed by atoms with E-state index in [2.05, 4.69) is 25.8 Å². The van der Waals surface area contributed by atoms with Crippen LogP contribution >= 0.6 is 11.6 Å². The number of aromatic nitrogens is 3. The predicted molar refractivity (Wildman–Crippen MR) is 61.2 cm³/mol. The summed E-state index contributed by atoms with van der Waals surface area (Å²) in [5.74, 6) is 0.343. The summed E-state index contributed by atoms with van der Waals surface area (Å²) < 4.78 is 0. The van der Waals surface area contributed by atoms with Gasteiger partial charge in [-0.1, -0.05) is 6.92 Å². The van der Waals surface area contributed by atoms with Gasteiger partial charge in [-0.15, -0.1) is 5.10 Å². The second kappa shape index (κ2) is 6.22. The summed E-state index contributed by atoms with van der Waals surface area (Å²) in [5, 5.41) is 12.8. The van der Waals surface area contributed by atoms with Crippen LogP contribution in [0.1, 0.15) is 20.3 Å². The van der Waals surface area contributed by atoms with Crippen LogP contribution in [0.2, 0.25) is 5.28 Å². The highest BCUT2D eigenvalue weighted by molar-refractivity contribution is 6.28. The van der Waals surface area contributed by atoms with Gasteiger partial charge in [-0.25, -0.2) is 0 Å². The van der Waals surface area contributed by atoms with Crippen LogP contribution in [0, 0.1) is 0 Å². The van der Waals surface area contributed by atoms with Crippen molar-refractivity contribution in [1.29, 1.82) is 0 Å². The zero-order valence-electron chi connectivity index (χ0n) is 9.20. The summed E-state index contributed by atoms with van der Waals surface area (Å²) in [4.78, 5) is 15.4. The lowest BCUT2D eigenvalue weighted by atomic mass is 10.3. The van der Waals surface area contributed by atoms with Gasteiger partial charge in [0, 0.05) is 6.54 Å². The van der Waals surface area contributed by atoms with Crippen molar-refractivity contribution in [3.05, 3.63) is 11.5 Å². The molecule has 0 aliphatic rings. The van der Waals surface area contributed by atoms with Gasteiger partial charge in [0.1, 0.15) is 6.04 Å². The Morgan fingerprint density at radius 2 is 2.38 bits per heavy atom. The molecule has 0 radical (unpaired) electrons. The van der Waals surface area contributed by atoms with Gasteiger partial charge in [-0.2, -0.15) is 10.1 Å². The van der Waals surface area contributed by atoms with Crippen molar-refractivity contribution < 1.29 is 4.79 Å². The van der Waals surface area contributed by atoms with Crippen molar-refractivity contribution in [2.24, 2.45) is 0 Å². The third kappa shape index (κ3) is 3.98. The van der Waals surface area contributed by atoms with Crippen LogP contribution < -0.4 is 10.6 Å². The lowest BCUT2D eigenvalue weighted by Crippen LogP contribution is -2.38. The molecule has 16 heavy (non-hydrogen) atoms. The number of hydrogen-bond donors (Lipinski definition) is 2. The Balaban J connectivity index is 2.50. The summed E-state index contributed by atoms with van der Waals surface area (Å²) in [7, 11) is 0. The van der Waals surface area contributed by atoms with E-state index in [9.17, 15) is 4.79 Å². The van der Waals surface area contributed by atoms with Gasteiger partial charge in [0.15, 0.2) is 5.82 Å². The van der Waals surface area contributed by atoms with Gasteiger partial charge in [-0.05, 0) is 24.9 Å². The van der Waals surface area contributed by atoms with Crippen molar-refractivity contribution in [2.45, 2.75) is 26.3 Å². The maximum Gasteiger partial charge on any atom is 0.244 e. The van der Waals surface area contributed by atoms with Crippen molar-refractivity contribution >= 4 is 23.3 Å². The predicted octanol–water partition coefficient (Wildman–Crippen LogP) is 0.852. The summed E-state index contributed by atoms with van der Waals surface area (Å²) in [6, 6.07) is -0.390. The highest BCUT2D eigenvalue weighted by atomic mass is 35.5. The highest BCUT2D eigenvalue weighted by Gasteiger charge is 2.12. The van der Waals surface area contributed by atoms with Crippen LogP contribution in [0.3, 0.4) is 0 Å². The van der Waals surface area contributed by atoms with Gasteiger partial charge < -0.3 is 10.6 Å². The van der Waals surface area contributed by atoms with Gasteiger partial charge in [0.25, 0.3) is 0 Å². The minimum atomic E-state index is -0.390. The number of nitrogens with one attached hydrogen (secondary N) is 2.